The van der Waals surface area contributed by atoms with Crippen LogP contribution in [0.15, 0.2) is 36.4 Å². The topological polar surface area (TPSA) is 74.8 Å². The summed E-state index contributed by atoms with van der Waals surface area (Å²) in [5, 5.41) is 1.53. The number of allylic oxidation sites excluding steroid dienone is 2. The van der Waals surface area contributed by atoms with E-state index in [2.05, 4.69) is 0 Å². The Morgan fingerprint density at radius 1 is 0.739 bits per heavy atom. The van der Waals surface area contributed by atoms with Crippen molar-refractivity contribution in [1.82, 2.24) is 10.0 Å². The van der Waals surface area contributed by atoms with Gasteiger partial charge in [-0.3, -0.25) is 19.2 Å². The van der Waals surface area contributed by atoms with Crippen LogP contribution in [-0.2, 0) is 9.59 Å². The molecule has 2 aliphatic heterocycles. The van der Waals surface area contributed by atoms with E-state index in [-0.39, 0.29) is 23.0 Å². The number of hydrogen-bond acceptors (Lipinski definition) is 4. The number of fused-ring (bicyclic) bond motifs is 6. The third-order valence-electron chi connectivity index (χ3n) is 5.42. The zero-order valence-electron chi connectivity index (χ0n) is 12.0. The summed E-state index contributed by atoms with van der Waals surface area (Å²) in [6, 6.07) is 6.37. The van der Waals surface area contributed by atoms with E-state index in [1.807, 2.05) is 12.2 Å². The largest absolute Gasteiger partial charge is 0.281 e. The second-order valence-corrected chi connectivity index (χ2v) is 6.46. The zero-order valence-corrected chi connectivity index (χ0v) is 12.0. The van der Waals surface area contributed by atoms with Gasteiger partial charge in [0.2, 0.25) is 0 Å². The Morgan fingerprint density at radius 3 is 1.70 bits per heavy atom. The van der Waals surface area contributed by atoms with Gasteiger partial charge >= 0.3 is 0 Å². The molecule has 23 heavy (non-hydrogen) atoms. The average Bonchev–Trinajstić information content (AvgIpc) is 3.28. The molecule has 0 aromatic heterocycles. The van der Waals surface area contributed by atoms with Gasteiger partial charge in [0.05, 0.1) is 23.0 Å². The first-order valence-corrected chi connectivity index (χ1v) is 7.63. The lowest BCUT2D eigenvalue weighted by Gasteiger charge is -2.25. The van der Waals surface area contributed by atoms with Gasteiger partial charge < -0.3 is 0 Å². The predicted octanol–water partition coefficient (Wildman–Crippen LogP) is 1.00. The molecular weight excluding hydrogens is 296 g/mol. The first-order valence-electron chi connectivity index (χ1n) is 7.63. The Hall–Kier alpha value is -2.76. The predicted molar refractivity (Wildman–Crippen MR) is 76.5 cm³/mol. The quantitative estimate of drug-likeness (QED) is 0.573. The van der Waals surface area contributed by atoms with Gasteiger partial charge in [0.1, 0.15) is 0 Å². The fourth-order valence-electron chi connectivity index (χ4n) is 4.44. The molecule has 2 fully saturated rings. The minimum absolute atomic E-state index is 0.0432. The molecule has 0 N–H and O–H groups in total. The highest BCUT2D eigenvalue weighted by Gasteiger charge is 2.62. The Bertz CT molecular complexity index is 778. The summed E-state index contributed by atoms with van der Waals surface area (Å²) in [4.78, 5) is 50.5. The molecule has 0 radical (unpaired) electrons. The fourth-order valence-corrected chi connectivity index (χ4v) is 4.44. The first-order chi connectivity index (χ1) is 11.1. The summed E-state index contributed by atoms with van der Waals surface area (Å²) in [5.41, 5.74) is 0.465. The number of hydrogen-bond donors (Lipinski definition) is 0. The molecular formula is C17H12N2O4. The number of hydrazine groups is 1. The van der Waals surface area contributed by atoms with Crippen molar-refractivity contribution in [2.24, 2.45) is 23.7 Å². The lowest BCUT2D eigenvalue weighted by Crippen LogP contribution is -2.50. The van der Waals surface area contributed by atoms with Gasteiger partial charge in [0, 0.05) is 0 Å². The molecule has 4 amide bonds. The molecule has 1 aromatic carbocycles. The normalized spacial score (nSPS) is 33.9. The van der Waals surface area contributed by atoms with E-state index in [0.29, 0.717) is 0 Å². The molecule has 4 atom stereocenters. The van der Waals surface area contributed by atoms with Gasteiger partial charge in [0.25, 0.3) is 23.6 Å². The number of benzene rings is 1. The maximum Gasteiger partial charge on any atom is 0.281 e. The van der Waals surface area contributed by atoms with E-state index < -0.39 is 35.5 Å². The van der Waals surface area contributed by atoms with Crippen LogP contribution in [0.4, 0.5) is 0 Å². The van der Waals surface area contributed by atoms with E-state index in [9.17, 15) is 19.2 Å². The van der Waals surface area contributed by atoms with Crippen molar-refractivity contribution in [3.63, 3.8) is 0 Å². The highest BCUT2D eigenvalue weighted by Crippen LogP contribution is 2.53. The van der Waals surface area contributed by atoms with Crippen molar-refractivity contribution in [3.8, 4) is 0 Å². The standard InChI is InChI=1S/C17H12N2O4/c20-14-10-3-1-2-4-11(10)15(21)18(14)19-16(22)12-8-5-6-9(7-8)13(12)17(19)23/h1-6,8-9,12-13H,7H2. The number of carbonyl (C=O) groups is 4. The molecule has 6 heteroatoms. The van der Waals surface area contributed by atoms with Crippen molar-refractivity contribution in [3.05, 3.63) is 47.5 Å². The third kappa shape index (κ3) is 1.34. The van der Waals surface area contributed by atoms with Gasteiger partial charge in [-0.05, 0) is 30.4 Å². The van der Waals surface area contributed by atoms with Crippen LogP contribution in [0.3, 0.4) is 0 Å². The van der Waals surface area contributed by atoms with Crippen LogP contribution in [0.25, 0.3) is 0 Å². The van der Waals surface area contributed by atoms with E-state index >= 15 is 0 Å². The maximum atomic E-state index is 12.7. The van der Waals surface area contributed by atoms with Crippen LogP contribution in [0.1, 0.15) is 27.1 Å². The molecule has 4 unspecified atom stereocenters. The lowest BCUT2D eigenvalue weighted by molar-refractivity contribution is -0.152. The molecule has 0 spiro atoms. The van der Waals surface area contributed by atoms with Gasteiger partial charge in [0.15, 0.2) is 0 Å². The van der Waals surface area contributed by atoms with Crippen molar-refractivity contribution in [1.29, 1.82) is 0 Å². The summed E-state index contributed by atoms with van der Waals surface area (Å²) < 4.78 is 0. The van der Waals surface area contributed by atoms with Crippen LogP contribution in [0.5, 0.6) is 0 Å². The lowest BCUT2D eigenvalue weighted by atomic mass is 9.85. The Morgan fingerprint density at radius 2 is 1.22 bits per heavy atom. The zero-order chi connectivity index (χ0) is 15.9. The van der Waals surface area contributed by atoms with Gasteiger partial charge in [-0.15, -0.1) is 0 Å². The molecule has 2 aliphatic carbocycles. The highest BCUT2D eigenvalue weighted by molar-refractivity contribution is 6.24. The van der Waals surface area contributed by atoms with Crippen LogP contribution >= 0.6 is 0 Å². The van der Waals surface area contributed by atoms with Crippen LogP contribution in [0, 0.1) is 23.7 Å². The SMILES string of the molecule is O=C1c2ccccc2C(=O)N1N1C(=O)C2C3C=CC(C3)C2C1=O. The fraction of sp³-hybridized carbons (Fsp3) is 0.294. The van der Waals surface area contributed by atoms with Crippen molar-refractivity contribution >= 4 is 23.6 Å². The number of carbonyl (C=O) groups excluding carboxylic acids is 4. The van der Waals surface area contributed by atoms with Crippen LogP contribution in [-0.4, -0.2) is 33.6 Å². The van der Waals surface area contributed by atoms with Gasteiger partial charge in [-0.1, -0.05) is 24.3 Å². The molecule has 114 valence electrons. The van der Waals surface area contributed by atoms with Gasteiger partial charge in [-0.25, -0.2) is 0 Å². The van der Waals surface area contributed by atoms with Crippen LogP contribution < -0.4 is 0 Å². The number of imide groups is 2. The minimum Gasteiger partial charge on any atom is -0.272 e. The number of rotatable bonds is 1. The molecule has 2 bridgehead atoms. The molecule has 1 saturated heterocycles. The molecule has 2 heterocycles. The number of amides is 4. The smallest absolute Gasteiger partial charge is 0.272 e. The van der Waals surface area contributed by atoms with E-state index in [1.165, 1.54) is 12.1 Å². The summed E-state index contributed by atoms with van der Waals surface area (Å²) in [6.45, 7) is 0. The second-order valence-electron chi connectivity index (χ2n) is 6.46. The second kappa shape index (κ2) is 3.95. The summed E-state index contributed by atoms with van der Waals surface area (Å²) in [6.07, 6.45) is 4.76. The maximum absolute atomic E-state index is 12.7. The monoisotopic (exact) mass is 308 g/mol. The van der Waals surface area contributed by atoms with Crippen molar-refractivity contribution < 1.29 is 19.2 Å². The minimum atomic E-state index is -0.604. The van der Waals surface area contributed by atoms with Crippen LogP contribution in [0.2, 0.25) is 0 Å². The summed E-state index contributed by atoms with van der Waals surface area (Å²) in [7, 11) is 0. The summed E-state index contributed by atoms with van der Waals surface area (Å²) >= 11 is 0. The Labute approximate surface area is 131 Å². The van der Waals surface area contributed by atoms with E-state index in [1.54, 1.807) is 12.1 Å². The molecule has 6 nitrogen and oxygen atoms in total. The average molecular weight is 308 g/mol. The Balaban J connectivity index is 1.57. The highest BCUT2D eigenvalue weighted by atomic mass is 16.2. The molecule has 4 aliphatic rings. The molecule has 1 aromatic rings. The van der Waals surface area contributed by atoms with Gasteiger partial charge in [-0.2, -0.15) is 10.0 Å². The number of nitrogens with zero attached hydrogens (tertiary/aromatic N) is 2. The Kier molecular flexibility index (Phi) is 2.19. The summed E-state index contributed by atoms with van der Waals surface area (Å²) in [5.74, 6) is -2.83. The van der Waals surface area contributed by atoms with E-state index in [4.69, 9.17) is 0 Å². The first kappa shape index (κ1) is 12.8. The van der Waals surface area contributed by atoms with Crippen molar-refractivity contribution in [2.75, 3.05) is 0 Å². The van der Waals surface area contributed by atoms with Crippen molar-refractivity contribution in [2.45, 2.75) is 6.42 Å². The molecule has 1 saturated carbocycles. The molecule has 5 rings (SSSR count). The van der Waals surface area contributed by atoms with E-state index in [0.717, 1.165) is 16.4 Å². The third-order valence-corrected chi connectivity index (χ3v) is 5.42.